The van der Waals surface area contributed by atoms with Crippen LogP contribution in [-0.2, 0) is 9.47 Å². The number of allylic oxidation sites excluding steroid dienone is 2. The summed E-state index contributed by atoms with van der Waals surface area (Å²) >= 11 is 0. The molecule has 0 fully saturated rings. The van der Waals surface area contributed by atoms with Crippen LogP contribution in [0.5, 0.6) is 0 Å². The number of aliphatic imine (C=N–C) groups is 1. The maximum Gasteiger partial charge on any atom is 0.211 e. The highest BCUT2D eigenvalue weighted by Gasteiger charge is 2.02. The van der Waals surface area contributed by atoms with Crippen molar-refractivity contribution in [3.05, 3.63) is 24.3 Å². The van der Waals surface area contributed by atoms with Crippen LogP contribution in [0.4, 0.5) is 0 Å². The van der Waals surface area contributed by atoms with Gasteiger partial charge in [-0.15, -0.1) is 0 Å². The van der Waals surface area contributed by atoms with Crippen LogP contribution in [0.1, 0.15) is 0 Å². The summed E-state index contributed by atoms with van der Waals surface area (Å²) in [6.07, 6.45) is 7.16. The lowest BCUT2D eigenvalue weighted by atomic mass is 10.4. The molecule has 0 bridgehead atoms. The second-order valence-corrected chi connectivity index (χ2v) is 2.04. The molecule has 0 aromatic rings. The van der Waals surface area contributed by atoms with E-state index in [-0.39, 0.29) is 6.23 Å². The molecule has 1 rings (SSSR count). The molecule has 1 atom stereocenters. The maximum absolute atomic E-state index is 5.01. The molecule has 1 aliphatic heterocycles. The number of hydrogen-bond acceptors (Lipinski definition) is 3. The summed E-state index contributed by atoms with van der Waals surface area (Å²) in [6, 6.07) is 0. The van der Waals surface area contributed by atoms with E-state index < -0.39 is 0 Å². The molecule has 11 heavy (non-hydrogen) atoms. The van der Waals surface area contributed by atoms with Gasteiger partial charge in [0.1, 0.15) is 0 Å². The maximum atomic E-state index is 5.01. The smallest absolute Gasteiger partial charge is 0.211 e. The number of methoxy groups -OCH3 is 2. The second-order valence-electron chi connectivity index (χ2n) is 2.04. The normalized spacial score (nSPS) is 22.7. The number of ether oxygens (including phenoxy) is 2. The van der Waals surface area contributed by atoms with Crippen LogP contribution in [0.2, 0.25) is 0 Å². The van der Waals surface area contributed by atoms with Gasteiger partial charge in [0.05, 0.1) is 7.11 Å². The fourth-order valence-electron chi connectivity index (χ4n) is 0.761. The minimum absolute atomic E-state index is 0.222. The van der Waals surface area contributed by atoms with E-state index in [1.807, 2.05) is 18.2 Å². The molecule has 0 amide bonds. The molecule has 1 heterocycles. The van der Waals surface area contributed by atoms with E-state index in [1.165, 1.54) is 0 Å². The summed E-state index contributed by atoms with van der Waals surface area (Å²) in [4.78, 5) is 4.11. The van der Waals surface area contributed by atoms with Crippen LogP contribution in [-0.4, -0.2) is 26.3 Å². The topological polar surface area (TPSA) is 30.8 Å². The monoisotopic (exact) mass is 153 g/mol. The molecular weight excluding hydrogens is 142 g/mol. The lowest BCUT2D eigenvalue weighted by Crippen LogP contribution is -2.07. The van der Waals surface area contributed by atoms with E-state index in [0.717, 1.165) is 0 Å². The molecule has 3 heteroatoms. The molecule has 0 spiro atoms. The average molecular weight is 153 g/mol. The van der Waals surface area contributed by atoms with Gasteiger partial charge in [-0.1, -0.05) is 12.2 Å². The minimum atomic E-state index is -0.222. The summed E-state index contributed by atoms with van der Waals surface area (Å²) < 4.78 is 9.96. The van der Waals surface area contributed by atoms with Gasteiger partial charge in [0.25, 0.3) is 0 Å². The Kier molecular flexibility index (Phi) is 2.86. The summed E-state index contributed by atoms with van der Waals surface area (Å²) in [5, 5.41) is 0. The first kappa shape index (κ1) is 8.01. The van der Waals surface area contributed by atoms with E-state index in [2.05, 4.69) is 4.99 Å². The Morgan fingerprint density at radius 2 is 2.18 bits per heavy atom. The van der Waals surface area contributed by atoms with Crippen molar-refractivity contribution >= 4 is 5.90 Å². The molecule has 0 aromatic carbocycles. The molecule has 60 valence electrons. The van der Waals surface area contributed by atoms with E-state index in [0.29, 0.717) is 5.90 Å². The van der Waals surface area contributed by atoms with Crippen LogP contribution in [0.25, 0.3) is 0 Å². The quantitative estimate of drug-likeness (QED) is 0.565. The van der Waals surface area contributed by atoms with Crippen LogP contribution in [0.15, 0.2) is 29.3 Å². The Morgan fingerprint density at radius 1 is 1.36 bits per heavy atom. The van der Waals surface area contributed by atoms with Crippen LogP contribution in [0, 0.1) is 0 Å². The van der Waals surface area contributed by atoms with Gasteiger partial charge in [0.2, 0.25) is 5.90 Å². The van der Waals surface area contributed by atoms with E-state index >= 15 is 0 Å². The summed E-state index contributed by atoms with van der Waals surface area (Å²) in [6.45, 7) is 0. The van der Waals surface area contributed by atoms with Gasteiger partial charge in [0, 0.05) is 7.11 Å². The third kappa shape index (κ3) is 2.20. The van der Waals surface area contributed by atoms with Crippen molar-refractivity contribution in [2.75, 3.05) is 14.2 Å². The van der Waals surface area contributed by atoms with Crippen LogP contribution < -0.4 is 0 Å². The summed E-state index contributed by atoms with van der Waals surface area (Å²) in [7, 11) is 3.19. The van der Waals surface area contributed by atoms with Gasteiger partial charge in [0.15, 0.2) is 6.23 Å². The van der Waals surface area contributed by atoms with E-state index in [9.17, 15) is 0 Å². The van der Waals surface area contributed by atoms with E-state index in [1.54, 1.807) is 20.3 Å². The van der Waals surface area contributed by atoms with E-state index in [4.69, 9.17) is 9.47 Å². The fraction of sp³-hybridized carbons (Fsp3) is 0.375. The number of hydrogen-bond donors (Lipinski definition) is 0. The molecular formula is C8H11NO2. The van der Waals surface area contributed by atoms with Gasteiger partial charge in [-0.25, -0.2) is 4.99 Å². The minimum Gasteiger partial charge on any atom is -0.481 e. The SMILES string of the molecule is COC1=NC(OC)C=CC=C1. The van der Waals surface area contributed by atoms with Gasteiger partial charge in [-0.05, 0) is 12.2 Å². The molecule has 0 aromatic heterocycles. The Balaban J connectivity index is 2.72. The van der Waals surface area contributed by atoms with Crippen LogP contribution in [0.3, 0.4) is 0 Å². The predicted octanol–water partition coefficient (Wildman–Crippen LogP) is 1.13. The van der Waals surface area contributed by atoms with Gasteiger partial charge < -0.3 is 9.47 Å². The zero-order valence-electron chi connectivity index (χ0n) is 6.65. The largest absolute Gasteiger partial charge is 0.481 e. The molecule has 0 radical (unpaired) electrons. The molecule has 1 unspecified atom stereocenters. The first-order chi connectivity index (χ1) is 5.36. The summed E-state index contributed by atoms with van der Waals surface area (Å²) in [5.74, 6) is 0.585. The third-order valence-electron chi connectivity index (χ3n) is 1.33. The predicted molar refractivity (Wildman–Crippen MR) is 43.5 cm³/mol. The summed E-state index contributed by atoms with van der Waals surface area (Å²) in [5.41, 5.74) is 0. The Labute approximate surface area is 66.0 Å². The third-order valence-corrected chi connectivity index (χ3v) is 1.33. The average Bonchev–Trinajstić information content (AvgIpc) is 2.28. The molecule has 0 saturated carbocycles. The highest BCUT2D eigenvalue weighted by Crippen LogP contribution is 2.01. The lowest BCUT2D eigenvalue weighted by molar-refractivity contribution is 0.146. The number of nitrogens with zero attached hydrogens (tertiary/aromatic N) is 1. The highest BCUT2D eigenvalue weighted by atomic mass is 16.5. The lowest BCUT2D eigenvalue weighted by Gasteiger charge is -2.04. The highest BCUT2D eigenvalue weighted by molar-refractivity contribution is 5.88. The molecule has 3 nitrogen and oxygen atoms in total. The van der Waals surface area contributed by atoms with Gasteiger partial charge >= 0.3 is 0 Å². The van der Waals surface area contributed by atoms with Crippen molar-refractivity contribution < 1.29 is 9.47 Å². The first-order valence-electron chi connectivity index (χ1n) is 3.36. The Bertz CT molecular complexity index is 206. The van der Waals surface area contributed by atoms with Gasteiger partial charge in [-0.3, -0.25) is 0 Å². The zero-order valence-corrected chi connectivity index (χ0v) is 6.65. The Morgan fingerprint density at radius 3 is 2.82 bits per heavy atom. The van der Waals surface area contributed by atoms with Crippen molar-refractivity contribution in [2.45, 2.75) is 6.23 Å². The standard InChI is InChI=1S/C8H11NO2/c1-10-7-5-3-4-6-8(9-7)11-2/h3-7H,1-2H3. The Hall–Kier alpha value is -1.09. The number of rotatable bonds is 1. The van der Waals surface area contributed by atoms with Crippen molar-refractivity contribution in [1.29, 1.82) is 0 Å². The van der Waals surface area contributed by atoms with Crippen molar-refractivity contribution in [3.8, 4) is 0 Å². The van der Waals surface area contributed by atoms with Gasteiger partial charge in [-0.2, -0.15) is 0 Å². The second kappa shape index (κ2) is 3.93. The molecule has 0 aliphatic carbocycles. The first-order valence-corrected chi connectivity index (χ1v) is 3.36. The fourth-order valence-corrected chi connectivity index (χ4v) is 0.761. The molecule has 0 saturated heterocycles. The molecule has 1 aliphatic rings. The van der Waals surface area contributed by atoms with Crippen molar-refractivity contribution in [3.63, 3.8) is 0 Å². The van der Waals surface area contributed by atoms with Crippen molar-refractivity contribution in [1.82, 2.24) is 0 Å². The molecule has 0 N–H and O–H groups in total. The van der Waals surface area contributed by atoms with Crippen LogP contribution >= 0.6 is 0 Å². The zero-order chi connectivity index (χ0) is 8.10. The van der Waals surface area contributed by atoms with Crippen molar-refractivity contribution in [2.24, 2.45) is 4.99 Å².